The topological polar surface area (TPSA) is 54.9 Å². The van der Waals surface area contributed by atoms with Crippen molar-refractivity contribution >= 4 is 23.2 Å². The van der Waals surface area contributed by atoms with Crippen LogP contribution in [0.25, 0.3) is 11.1 Å². The molecule has 0 bridgehead atoms. The summed E-state index contributed by atoms with van der Waals surface area (Å²) in [5.41, 5.74) is 2.20. The second-order valence-corrected chi connectivity index (χ2v) is 5.72. The maximum Gasteiger partial charge on any atom is 0.274 e. The van der Waals surface area contributed by atoms with Crippen molar-refractivity contribution in [3.05, 3.63) is 76.8 Å². The quantitative estimate of drug-likeness (QED) is 0.693. The highest BCUT2D eigenvalue weighted by atomic mass is 35.5. The largest absolute Gasteiger partial charge is 0.320 e. The number of halogens is 3. The third kappa shape index (κ3) is 3.97. The first-order chi connectivity index (χ1) is 11.9. The van der Waals surface area contributed by atoms with E-state index in [1.807, 2.05) is 0 Å². The molecule has 0 aliphatic carbocycles. The molecule has 0 saturated carbocycles. The number of hydrogen-bond acceptors (Lipinski definition) is 3. The minimum Gasteiger partial charge on any atom is -0.320 e. The number of nitrogens with zero attached hydrogens (tertiary/aromatic N) is 2. The van der Waals surface area contributed by atoms with Gasteiger partial charge in [0.1, 0.15) is 10.8 Å². The summed E-state index contributed by atoms with van der Waals surface area (Å²) < 4.78 is 26.6. The number of benzene rings is 1. The SMILES string of the molecule is Cc1cc(-c2ccc(F)c(F)c2)cc(C(=O)Nc2ccnc(Cl)c2)n1. The molecule has 2 aromatic heterocycles. The van der Waals surface area contributed by atoms with Crippen molar-refractivity contribution in [2.75, 3.05) is 5.32 Å². The summed E-state index contributed by atoms with van der Waals surface area (Å²) in [6, 6.07) is 9.86. The second-order valence-electron chi connectivity index (χ2n) is 5.33. The molecule has 1 N–H and O–H groups in total. The van der Waals surface area contributed by atoms with E-state index in [9.17, 15) is 13.6 Å². The third-order valence-corrected chi connectivity index (χ3v) is 3.63. The lowest BCUT2D eigenvalue weighted by molar-refractivity contribution is 0.102. The number of carbonyl (C=O) groups is 1. The summed E-state index contributed by atoms with van der Waals surface area (Å²) in [5.74, 6) is -2.33. The molecule has 126 valence electrons. The summed E-state index contributed by atoms with van der Waals surface area (Å²) in [6.07, 6.45) is 1.47. The molecule has 7 heteroatoms. The summed E-state index contributed by atoms with van der Waals surface area (Å²) in [5, 5.41) is 2.91. The van der Waals surface area contributed by atoms with E-state index < -0.39 is 17.5 Å². The second kappa shape index (κ2) is 6.94. The number of hydrogen-bond donors (Lipinski definition) is 1. The van der Waals surface area contributed by atoms with E-state index >= 15 is 0 Å². The molecule has 3 aromatic rings. The number of aromatic nitrogens is 2. The molecule has 0 atom stereocenters. The van der Waals surface area contributed by atoms with E-state index in [2.05, 4.69) is 15.3 Å². The highest BCUT2D eigenvalue weighted by Crippen LogP contribution is 2.23. The van der Waals surface area contributed by atoms with Crippen LogP contribution in [0.1, 0.15) is 16.2 Å². The summed E-state index contributed by atoms with van der Waals surface area (Å²) in [4.78, 5) is 20.4. The molecule has 3 rings (SSSR count). The maximum atomic E-state index is 13.5. The van der Waals surface area contributed by atoms with Gasteiger partial charge in [0.25, 0.3) is 5.91 Å². The number of aryl methyl sites for hydroxylation is 1. The van der Waals surface area contributed by atoms with Gasteiger partial charge in [-0.05, 0) is 54.4 Å². The van der Waals surface area contributed by atoms with Crippen LogP contribution in [0, 0.1) is 18.6 Å². The van der Waals surface area contributed by atoms with Crippen LogP contribution in [0.4, 0.5) is 14.5 Å². The van der Waals surface area contributed by atoms with Crippen molar-refractivity contribution in [1.82, 2.24) is 9.97 Å². The van der Waals surface area contributed by atoms with Crippen LogP contribution in [0.5, 0.6) is 0 Å². The molecule has 0 aliphatic heterocycles. The van der Waals surface area contributed by atoms with Gasteiger partial charge in [0.05, 0.1) is 0 Å². The number of anilines is 1. The van der Waals surface area contributed by atoms with Gasteiger partial charge < -0.3 is 5.32 Å². The maximum absolute atomic E-state index is 13.5. The van der Waals surface area contributed by atoms with Gasteiger partial charge in [0.15, 0.2) is 11.6 Å². The molecule has 4 nitrogen and oxygen atoms in total. The Morgan fingerprint density at radius 3 is 2.56 bits per heavy atom. The van der Waals surface area contributed by atoms with Crippen LogP contribution in [0.2, 0.25) is 5.15 Å². The lowest BCUT2D eigenvalue weighted by atomic mass is 10.0. The predicted octanol–water partition coefficient (Wildman–Crippen LogP) is 4.64. The van der Waals surface area contributed by atoms with Gasteiger partial charge in [0, 0.05) is 17.6 Å². The highest BCUT2D eigenvalue weighted by molar-refractivity contribution is 6.29. The Morgan fingerprint density at radius 1 is 1.04 bits per heavy atom. The van der Waals surface area contributed by atoms with Crippen LogP contribution < -0.4 is 5.32 Å². The molecule has 0 saturated heterocycles. The van der Waals surface area contributed by atoms with E-state index in [0.717, 1.165) is 12.1 Å². The first kappa shape index (κ1) is 17.0. The lowest BCUT2D eigenvalue weighted by Gasteiger charge is -2.09. The standard InChI is InChI=1S/C18H12ClF2N3O/c1-10-6-12(11-2-3-14(20)15(21)7-11)8-16(23-10)18(25)24-13-4-5-22-17(19)9-13/h2-9H,1H3,(H,22,24,25). The van der Waals surface area contributed by atoms with Crippen LogP contribution in [-0.4, -0.2) is 15.9 Å². The molecular formula is C18H12ClF2N3O. The van der Waals surface area contributed by atoms with Crippen molar-refractivity contribution in [2.45, 2.75) is 6.92 Å². The van der Waals surface area contributed by atoms with Gasteiger partial charge in [0.2, 0.25) is 0 Å². The predicted molar refractivity (Wildman–Crippen MR) is 91.5 cm³/mol. The van der Waals surface area contributed by atoms with Crippen molar-refractivity contribution in [1.29, 1.82) is 0 Å². The Hall–Kier alpha value is -2.86. The van der Waals surface area contributed by atoms with Crippen molar-refractivity contribution in [3.63, 3.8) is 0 Å². The van der Waals surface area contributed by atoms with Gasteiger partial charge in [-0.15, -0.1) is 0 Å². The monoisotopic (exact) mass is 359 g/mol. The Morgan fingerprint density at radius 2 is 1.84 bits per heavy atom. The number of carbonyl (C=O) groups excluding carboxylic acids is 1. The molecular weight excluding hydrogens is 348 g/mol. The Bertz CT molecular complexity index is 963. The van der Waals surface area contributed by atoms with Gasteiger partial charge in [-0.3, -0.25) is 4.79 Å². The Labute approximate surface area is 147 Å². The van der Waals surface area contributed by atoms with Crippen LogP contribution in [-0.2, 0) is 0 Å². The van der Waals surface area contributed by atoms with Gasteiger partial charge >= 0.3 is 0 Å². The number of pyridine rings is 2. The molecule has 25 heavy (non-hydrogen) atoms. The molecule has 2 heterocycles. The molecule has 1 aromatic carbocycles. The molecule has 0 fully saturated rings. The average Bonchev–Trinajstić information content (AvgIpc) is 2.57. The number of nitrogens with one attached hydrogen (secondary N) is 1. The van der Waals surface area contributed by atoms with Crippen molar-refractivity contribution in [2.24, 2.45) is 0 Å². The zero-order valence-electron chi connectivity index (χ0n) is 13.1. The Balaban J connectivity index is 1.93. The van der Waals surface area contributed by atoms with Crippen molar-refractivity contribution < 1.29 is 13.6 Å². The number of rotatable bonds is 3. The van der Waals surface area contributed by atoms with E-state index in [4.69, 9.17) is 11.6 Å². The summed E-state index contributed by atoms with van der Waals surface area (Å²) in [7, 11) is 0. The van der Waals surface area contributed by atoms with Crippen molar-refractivity contribution in [3.8, 4) is 11.1 Å². The minimum atomic E-state index is -0.954. The fourth-order valence-corrected chi connectivity index (χ4v) is 2.48. The Kier molecular flexibility index (Phi) is 4.72. The summed E-state index contributed by atoms with van der Waals surface area (Å²) in [6.45, 7) is 1.71. The number of amides is 1. The smallest absolute Gasteiger partial charge is 0.274 e. The lowest BCUT2D eigenvalue weighted by Crippen LogP contribution is -2.14. The molecule has 0 radical (unpaired) electrons. The third-order valence-electron chi connectivity index (χ3n) is 3.42. The normalized spacial score (nSPS) is 10.6. The zero-order chi connectivity index (χ0) is 18.0. The fraction of sp³-hybridized carbons (Fsp3) is 0.0556. The van der Waals surface area contributed by atoms with Gasteiger partial charge in [-0.1, -0.05) is 17.7 Å². The molecule has 0 aliphatic rings. The van der Waals surface area contributed by atoms with Crippen LogP contribution in [0.3, 0.4) is 0 Å². The van der Waals surface area contributed by atoms with Crippen LogP contribution >= 0.6 is 11.6 Å². The first-order valence-electron chi connectivity index (χ1n) is 7.29. The highest BCUT2D eigenvalue weighted by Gasteiger charge is 2.12. The van der Waals surface area contributed by atoms with Gasteiger partial charge in [-0.2, -0.15) is 0 Å². The summed E-state index contributed by atoms with van der Waals surface area (Å²) >= 11 is 5.79. The molecule has 0 spiro atoms. The molecule has 0 unspecified atom stereocenters. The van der Waals surface area contributed by atoms with E-state index in [1.54, 1.807) is 19.1 Å². The first-order valence-corrected chi connectivity index (χ1v) is 7.67. The average molecular weight is 360 g/mol. The van der Waals surface area contributed by atoms with E-state index in [-0.39, 0.29) is 10.8 Å². The van der Waals surface area contributed by atoms with E-state index in [0.29, 0.717) is 22.5 Å². The van der Waals surface area contributed by atoms with E-state index in [1.165, 1.54) is 24.4 Å². The molecule has 1 amide bonds. The zero-order valence-corrected chi connectivity index (χ0v) is 13.8. The fourth-order valence-electron chi connectivity index (χ4n) is 2.30. The van der Waals surface area contributed by atoms with Gasteiger partial charge in [-0.25, -0.2) is 18.7 Å². The van der Waals surface area contributed by atoms with Crippen LogP contribution in [0.15, 0.2) is 48.7 Å². The minimum absolute atomic E-state index is 0.146.